The van der Waals surface area contributed by atoms with E-state index in [0.717, 1.165) is 22.4 Å². The van der Waals surface area contributed by atoms with Crippen LogP contribution in [-0.4, -0.2) is 0 Å². The molecule has 0 spiro atoms. The van der Waals surface area contributed by atoms with Gasteiger partial charge in [0, 0.05) is 15.3 Å². The third-order valence-electron chi connectivity index (χ3n) is 4.55. The summed E-state index contributed by atoms with van der Waals surface area (Å²) in [6, 6.07) is 17.9. The zero-order valence-electron chi connectivity index (χ0n) is 15.0. The number of thiophene rings is 1. The molecule has 2 aromatic carbocycles. The van der Waals surface area contributed by atoms with Crippen molar-refractivity contribution in [1.29, 1.82) is 0 Å². The van der Waals surface area contributed by atoms with Crippen molar-refractivity contribution in [1.82, 2.24) is 0 Å². The normalized spacial score (nSPS) is 11.0. The Morgan fingerprint density at radius 2 is 1.60 bits per heavy atom. The van der Waals surface area contributed by atoms with Crippen LogP contribution in [0.2, 0.25) is 0 Å². The van der Waals surface area contributed by atoms with Crippen molar-refractivity contribution in [2.24, 2.45) is 0 Å². The first-order valence-electron chi connectivity index (χ1n) is 9.13. The van der Waals surface area contributed by atoms with E-state index in [4.69, 9.17) is 0 Å². The molecule has 0 nitrogen and oxygen atoms in total. The summed E-state index contributed by atoms with van der Waals surface area (Å²) in [4.78, 5) is 2.55. The predicted molar refractivity (Wildman–Crippen MR) is 108 cm³/mol. The van der Waals surface area contributed by atoms with E-state index in [9.17, 15) is 4.39 Å². The SMILES string of the molecule is CCCCCCc1ccc(-c2ccc(-c3ccc(C)cc3)c(F)c2)s1. The van der Waals surface area contributed by atoms with Crippen molar-refractivity contribution in [2.75, 3.05) is 0 Å². The maximum atomic E-state index is 14.6. The van der Waals surface area contributed by atoms with Gasteiger partial charge in [0.25, 0.3) is 0 Å². The fraction of sp³-hybridized carbons (Fsp3) is 0.304. The average molecular weight is 353 g/mol. The van der Waals surface area contributed by atoms with Gasteiger partial charge in [-0.25, -0.2) is 4.39 Å². The molecule has 0 radical (unpaired) electrons. The van der Waals surface area contributed by atoms with Crippen LogP contribution in [0.5, 0.6) is 0 Å². The van der Waals surface area contributed by atoms with E-state index in [2.05, 4.69) is 19.1 Å². The Bertz CT molecular complexity index is 814. The van der Waals surface area contributed by atoms with E-state index in [1.165, 1.54) is 36.1 Å². The Morgan fingerprint density at radius 1 is 0.840 bits per heavy atom. The molecule has 0 amide bonds. The molecule has 25 heavy (non-hydrogen) atoms. The van der Waals surface area contributed by atoms with Crippen LogP contribution in [0.25, 0.3) is 21.6 Å². The second-order valence-corrected chi connectivity index (χ2v) is 7.81. The number of rotatable bonds is 7. The summed E-state index contributed by atoms with van der Waals surface area (Å²) < 4.78 is 14.6. The maximum absolute atomic E-state index is 14.6. The molecule has 0 bridgehead atoms. The number of halogens is 1. The van der Waals surface area contributed by atoms with Crippen molar-refractivity contribution in [3.8, 4) is 21.6 Å². The smallest absolute Gasteiger partial charge is 0.131 e. The van der Waals surface area contributed by atoms with Crippen LogP contribution in [0, 0.1) is 12.7 Å². The predicted octanol–water partition coefficient (Wildman–Crippen LogP) is 7.65. The van der Waals surface area contributed by atoms with E-state index >= 15 is 0 Å². The standard InChI is InChI=1S/C23H25FS/c1-3-4-5-6-7-20-13-15-23(25-20)19-12-14-21(22(24)16-19)18-10-8-17(2)9-11-18/h8-16H,3-7H2,1-2H3. The van der Waals surface area contributed by atoms with Crippen molar-refractivity contribution in [2.45, 2.75) is 46.0 Å². The van der Waals surface area contributed by atoms with E-state index in [1.807, 2.05) is 43.3 Å². The number of hydrogen-bond donors (Lipinski definition) is 0. The average Bonchev–Trinajstić information content (AvgIpc) is 3.09. The highest BCUT2D eigenvalue weighted by Crippen LogP contribution is 2.32. The highest BCUT2D eigenvalue weighted by Gasteiger charge is 2.09. The van der Waals surface area contributed by atoms with E-state index in [1.54, 1.807) is 17.4 Å². The van der Waals surface area contributed by atoms with E-state index in [-0.39, 0.29) is 5.82 Å². The minimum atomic E-state index is -0.153. The van der Waals surface area contributed by atoms with Gasteiger partial charge in [-0.2, -0.15) is 0 Å². The Kier molecular flexibility index (Phi) is 6.04. The number of aryl methyl sites for hydroxylation is 2. The summed E-state index contributed by atoms with van der Waals surface area (Å²) in [6.07, 6.45) is 6.25. The number of unbranched alkanes of at least 4 members (excludes halogenated alkanes) is 3. The summed E-state index contributed by atoms with van der Waals surface area (Å²) in [7, 11) is 0. The topological polar surface area (TPSA) is 0 Å². The van der Waals surface area contributed by atoms with Crippen LogP contribution in [0.4, 0.5) is 4.39 Å². The summed E-state index contributed by atoms with van der Waals surface area (Å²) >= 11 is 1.79. The first-order valence-corrected chi connectivity index (χ1v) is 9.94. The zero-order chi connectivity index (χ0) is 17.6. The van der Waals surface area contributed by atoms with E-state index in [0.29, 0.717) is 5.56 Å². The fourth-order valence-electron chi connectivity index (χ4n) is 3.03. The molecule has 0 saturated heterocycles. The van der Waals surface area contributed by atoms with Gasteiger partial charge in [-0.1, -0.05) is 68.1 Å². The molecule has 1 heterocycles. The Morgan fingerprint density at radius 3 is 2.32 bits per heavy atom. The Labute approximate surface area is 154 Å². The molecule has 0 unspecified atom stereocenters. The third-order valence-corrected chi connectivity index (χ3v) is 5.75. The second kappa shape index (κ2) is 8.44. The molecule has 0 aliphatic rings. The molecule has 3 aromatic rings. The lowest BCUT2D eigenvalue weighted by Crippen LogP contribution is -1.86. The van der Waals surface area contributed by atoms with Gasteiger partial charge in [0.1, 0.15) is 5.82 Å². The van der Waals surface area contributed by atoms with Gasteiger partial charge in [0.05, 0.1) is 0 Å². The molecule has 0 saturated carbocycles. The number of hydrogen-bond acceptors (Lipinski definition) is 1. The quantitative estimate of drug-likeness (QED) is 0.383. The van der Waals surface area contributed by atoms with Crippen LogP contribution in [0.15, 0.2) is 54.6 Å². The van der Waals surface area contributed by atoms with Gasteiger partial charge >= 0.3 is 0 Å². The fourth-order valence-corrected chi connectivity index (χ4v) is 4.07. The molecule has 0 atom stereocenters. The third kappa shape index (κ3) is 4.58. The first-order chi connectivity index (χ1) is 12.2. The summed E-state index contributed by atoms with van der Waals surface area (Å²) in [5.74, 6) is -0.153. The van der Waals surface area contributed by atoms with Crippen LogP contribution in [0.1, 0.15) is 43.0 Å². The highest BCUT2D eigenvalue weighted by atomic mass is 32.1. The highest BCUT2D eigenvalue weighted by molar-refractivity contribution is 7.15. The maximum Gasteiger partial charge on any atom is 0.131 e. The van der Waals surface area contributed by atoms with Gasteiger partial charge in [-0.3, -0.25) is 0 Å². The minimum Gasteiger partial charge on any atom is -0.206 e. The van der Waals surface area contributed by atoms with Crippen LogP contribution >= 0.6 is 11.3 Å². The van der Waals surface area contributed by atoms with Crippen molar-refractivity contribution in [3.05, 3.63) is 70.9 Å². The van der Waals surface area contributed by atoms with Gasteiger partial charge in [0.15, 0.2) is 0 Å². The molecule has 0 aliphatic carbocycles. The zero-order valence-corrected chi connectivity index (χ0v) is 15.8. The first kappa shape index (κ1) is 17.9. The van der Waals surface area contributed by atoms with Crippen molar-refractivity contribution in [3.63, 3.8) is 0 Å². The lowest BCUT2D eigenvalue weighted by molar-refractivity contribution is 0.632. The second-order valence-electron chi connectivity index (χ2n) is 6.64. The lowest BCUT2D eigenvalue weighted by atomic mass is 10.0. The van der Waals surface area contributed by atoms with Crippen molar-refractivity contribution < 1.29 is 4.39 Å². The van der Waals surface area contributed by atoms with E-state index < -0.39 is 0 Å². The molecule has 0 N–H and O–H groups in total. The molecule has 0 fully saturated rings. The van der Waals surface area contributed by atoms with Gasteiger partial charge < -0.3 is 0 Å². The summed E-state index contributed by atoms with van der Waals surface area (Å²) in [6.45, 7) is 4.28. The van der Waals surface area contributed by atoms with Gasteiger partial charge in [-0.15, -0.1) is 11.3 Å². The Hall–Kier alpha value is -1.93. The molecular formula is C23H25FS. The molecule has 3 rings (SSSR count). The monoisotopic (exact) mass is 352 g/mol. The molecule has 1 aromatic heterocycles. The lowest BCUT2D eigenvalue weighted by Gasteiger charge is -2.06. The minimum absolute atomic E-state index is 0.153. The van der Waals surface area contributed by atoms with Gasteiger partial charge in [0.2, 0.25) is 0 Å². The van der Waals surface area contributed by atoms with Crippen LogP contribution < -0.4 is 0 Å². The summed E-state index contributed by atoms with van der Waals surface area (Å²) in [5.41, 5.74) is 3.75. The summed E-state index contributed by atoms with van der Waals surface area (Å²) in [5, 5.41) is 0. The van der Waals surface area contributed by atoms with Crippen LogP contribution in [-0.2, 0) is 6.42 Å². The largest absolute Gasteiger partial charge is 0.206 e. The molecule has 130 valence electrons. The Balaban J connectivity index is 1.74. The molecule has 2 heteroatoms. The van der Waals surface area contributed by atoms with Crippen LogP contribution in [0.3, 0.4) is 0 Å². The van der Waals surface area contributed by atoms with Gasteiger partial charge in [-0.05, 0) is 49.1 Å². The van der Waals surface area contributed by atoms with Crippen molar-refractivity contribution >= 4 is 11.3 Å². The number of benzene rings is 2. The molecular weight excluding hydrogens is 327 g/mol. The molecule has 0 aliphatic heterocycles.